The Hall–Kier alpha value is -4.05. The van der Waals surface area contributed by atoms with Gasteiger partial charge in [-0.1, -0.05) is 29.5 Å². The molecule has 1 aliphatic rings. The van der Waals surface area contributed by atoms with Gasteiger partial charge in [0.15, 0.2) is 27.8 Å². The van der Waals surface area contributed by atoms with E-state index in [9.17, 15) is 9.59 Å². The number of para-hydroxylation sites is 1. The average molecular weight is 553 g/mol. The minimum Gasteiger partial charge on any atom is -0.493 e. The number of rotatable bonds is 10. The SMILES string of the molecule is CCOc1ccc([C@H]2C(C(=O)OC)=CN=c3s/c(=C/c4cccc(OC)c4OC(C)C)c(=O)n32)cc1OCC. The third-order valence-electron chi connectivity index (χ3n) is 5.88. The zero-order chi connectivity index (χ0) is 28.1. The van der Waals surface area contributed by atoms with E-state index in [0.717, 1.165) is 0 Å². The van der Waals surface area contributed by atoms with E-state index in [1.165, 1.54) is 29.2 Å². The minimum absolute atomic E-state index is 0.100. The first kappa shape index (κ1) is 28.0. The lowest BCUT2D eigenvalue weighted by Crippen LogP contribution is -2.39. The van der Waals surface area contributed by atoms with Gasteiger partial charge in [0.25, 0.3) is 5.56 Å². The highest BCUT2D eigenvalue weighted by Gasteiger charge is 2.31. The maximum absolute atomic E-state index is 13.9. The Morgan fingerprint density at radius 3 is 2.49 bits per heavy atom. The van der Waals surface area contributed by atoms with Crippen LogP contribution in [0.5, 0.6) is 23.0 Å². The van der Waals surface area contributed by atoms with Crippen molar-refractivity contribution in [2.75, 3.05) is 27.4 Å². The third-order valence-corrected chi connectivity index (χ3v) is 6.87. The molecule has 0 aliphatic carbocycles. The average Bonchev–Trinajstić information content (AvgIpc) is 3.24. The molecule has 0 radical (unpaired) electrons. The van der Waals surface area contributed by atoms with Crippen LogP contribution in [0.3, 0.4) is 0 Å². The van der Waals surface area contributed by atoms with Crippen molar-refractivity contribution in [3.8, 4) is 23.0 Å². The second-order valence-corrected chi connectivity index (χ2v) is 9.80. The van der Waals surface area contributed by atoms with E-state index >= 15 is 0 Å². The number of benzene rings is 2. The quantitative estimate of drug-likeness (QED) is 0.355. The molecule has 4 rings (SSSR count). The van der Waals surface area contributed by atoms with Gasteiger partial charge in [0, 0.05) is 11.8 Å². The van der Waals surface area contributed by atoms with Gasteiger partial charge in [-0.2, -0.15) is 0 Å². The van der Waals surface area contributed by atoms with Crippen molar-refractivity contribution in [2.45, 2.75) is 39.8 Å². The van der Waals surface area contributed by atoms with E-state index in [0.29, 0.717) is 56.7 Å². The summed E-state index contributed by atoms with van der Waals surface area (Å²) in [6.07, 6.45) is 3.12. The van der Waals surface area contributed by atoms with E-state index in [1.807, 2.05) is 45.9 Å². The molecule has 1 atom stereocenters. The van der Waals surface area contributed by atoms with Crippen molar-refractivity contribution >= 4 is 23.4 Å². The number of hydrogen-bond acceptors (Lipinski definition) is 9. The standard InChI is InChI=1S/C29H32N2O7S/c1-7-36-21-13-12-18(14-23(21)37-8-2)25-20(28(33)35-6)16-30-29-31(25)27(32)24(39-29)15-19-10-9-11-22(34-5)26(19)38-17(3)4/h9-17,25H,7-8H2,1-6H3/b24-15+/t25-/m0/s1. The Kier molecular flexibility index (Phi) is 8.75. The molecule has 1 aliphatic heterocycles. The summed E-state index contributed by atoms with van der Waals surface area (Å²) in [5, 5.41) is 0. The van der Waals surface area contributed by atoms with Crippen LogP contribution in [0.1, 0.15) is 44.9 Å². The first-order valence-corrected chi connectivity index (χ1v) is 13.5. The van der Waals surface area contributed by atoms with Crippen LogP contribution in [-0.2, 0) is 9.53 Å². The summed E-state index contributed by atoms with van der Waals surface area (Å²) in [5.41, 5.74) is 1.28. The lowest BCUT2D eigenvalue weighted by molar-refractivity contribution is -0.136. The van der Waals surface area contributed by atoms with Crippen LogP contribution in [0.2, 0.25) is 0 Å². The van der Waals surface area contributed by atoms with Gasteiger partial charge in [-0.15, -0.1) is 0 Å². The maximum atomic E-state index is 13.9. The van der Waals surface area contributed by atoms with E-state index in [2.05, 4.69) is 4.99 Å². The van der Waals surface area contributed by atoms with E-state index < -0.39 is 12.0 Å². The molecule has 206 valence electrons. The fraction of sp³-hybridized carbons (Fsp3) is 0.345. The highest BCUT2D eigenvalue weighted by Crippen LogP contribution is 2.35. The highest BCUT2D eigenvalue weighted by molar-refractivity contribution is 7.07. The molecule has 2 aromatic carbocycles. The number of fused-ring (bicyclic) bond motifs is 1. The number of carbonyl (C=O) groups excluding carboxylic acids is 1. The first-order chi connectivity index (χ1) is 18.8. The molecule has 0 bridgehead atoms. The van der Waals surface area contributed by atoms with Gasteiger partial charge in [-0.3, -0.25) is 9.36 Å². The Bertz CT molecular complexity index is 1570. The summed E-state index contributed by atoms with van der Waals surface area (Å²) in [4.78, 5) is 31.6. The third kappa shape index (κ3) is 5.70. The topological polar surface area (TPSA) is 97.6 Å². The van der Waals surface area contributed by atoms with Crippen molar-refractivity contribution in [1.82, 2.24) is 4.57 Å². The number of aromatic nitrogens is 1. The van der Waals surface area contributed by atoms with Crippen LogP contribution < -0.4 is 33.8 Å². The minimum atomic E-state index is -0.776. The largest absolute Gasteiger partial charge is 0.493 e. The van der Waals surface area contributed by atoms with Crippen LogP contribution in [0.15, 0.2) is 58.0 Å². The van der Waals surface area contributed by atoms with Crippen LogP contribution in [-0.4, -0.2) is 44.1 Å². The Morgan fingerprint density at radius 2 is 1.82 bits per heavy atom. The lowest BCUT2D eigenvalue weighted by Gasteiger charge is -2.23. The first-order valence-electron chi connectivity index (χ1n) is 12.6. The molecular weight excluding hydrogens is 520 g/mol. The Balaban J connectivity index is 1.92. The predicted octanol–water partition coefficient (Wildman–Crippen LogP) is 3.61. The van der Waals surface area contributed by atoms with Gasteiger partial charge in [0.2, 0.25) is 0 Å². The van der Waals surface area contributed by atoms with Crippen LogP contribution in [0, 0.1) is 0 Å². The number of hydrogen-bond donors (Lipinski definition) is 0. The number of ether oxygens (including phenoxy) is 5. The number of carbonyl (C=O) groups is 1. The van der Waals surface area contributed by atoms with E-state index in [-0.39, 0.29) is 17.2 Å². The molecule has 3 aromatic rings. The highest BCUT2D eigenvalue weighted by atomic mass is 32.1. The molecule has 0 saturated carbocycles. The molecule has 0 saturated heterocycles. The lowest BCUT2D eigenvalue weighted by atomic mass is 9.97. The summed E-state index contributed by atoms with van der Waals surface area (Å²) in [6.45, 7) is 8.50. The monoisotopic (exact) mass is 552 g/mol. The van der Waals surface area contributed by atoms with Gasteiger partial charge < -0.3 is 23.7 Å². The van der Waals surface area contributed by atoms with Crippen LogP contribution in [0.4, 0.5) is 0 Å². The summed E-state index contributed by atoms with van der Waals surface area (Å²) in [6, 6.07) is 10.1. The molecule has 0 N–H and O–H groups in total. The maximum Gasteiger partial charge on any atom is 0.337 e. The Labute approximate surface area is 230 Å². The number of nitrogens with zero attached hydrogens (tertiary/aromatic N) is 2. The van der Waals surface area contributed by atoms with Gasteiger partial charge in [-0.05, 0) is 57.5 Å². The molecule has 0 spiro atoms. The number of thiazole rings is 1. The zero-order valence-electron chi connectivity index (χ0n) is 22.8. The summed E-state index contributed by atoms with van der Waals surface area (Å²) in [5.74, 6) is 1.63. The number of methoxy groups -OCH3 is 2. The Morgan fingerprint density at radius 1 is 1.08 bits per heavy atom. The van der Waals surface area contributed by atoms with Gasteiger partial charge in [-0.25, -0.2) is 9.79 Å². The predicted molar refractivity (Wildman–Crippen MR) is 149 cm³/mol. The van der Waals surface area contributed by atoms with Crippen molar-refractivity contribution in [3.63, 3.8) is 0 Å². The zero-order valence-corrected chi connectivity index (χ0v) is 23.7. The molecule has 10 heteroatoms. The van der Waals surface area contributed by atoms with Crippen molar-refractivity contribution < 1.29 is 28.5 Å². The molecule has 0 amide bonds. The van der Waals surface area contributed by atoms with Crippen LogP contribution >= 0.6 is 11.3 Å². The smallest absolute Gasteiger partial charge is 0.337 e. The van der Waals surface area contributed by atoms with Crippen molar-refractivity contribution in [1.29, 1.82) is 0 Å². The fourth-order valence-electron chi connectivity index (χ4n) is 4.30. The van der Waals surface area contributed by atoms with Crippen molar-refractivity contribution in [2.24, 2.45) is 4.99 Å². The van der Waals surface area contributed by atoms with Gasteiger partial charge in [0.1, 0.15) is 0 Å². The molecule has 2 heterocycles. The van der Waals surface area contributed by atoms with Crippen molar-refractivity contribution in [3.05, 3.63) is 79.0 Å². The van der Waals surface area contributed by atoms with E-state index in [1.54, 1.807) is 31.4 Å². The van der Waals surface area contributed by atoms with Crippen LogP contribution in [0.25, 0.3) is 6.08 Å². The molecule has 9 nitrogen and oxygen atoms in total. The summed E-state index contributed by atoms with van der Waals surface area (Å²) >= 11 is 1.22. The summed E-state index contributed by atoms with van der Waals surface area (Å²) < 4.78 is 30.0. The second-order valence-electron chi connectivity index (χ2n) is 8.79. The molecule has 0 fully saturated rings. The molecular formula is C29H32N2O7S. The fourth-order valence-corrected chi connectivity index (χ4v) is 5.26. The molecule has 39 heavy (non-hydrogen) atoms. The number of esters is 1. The van der Waals surface area contributed by atoms with Gasteiger partial charge in [0.05, 0.1) is 49.7 Å². The normalized spacial score (nSPS) is 14.8. The second kappa shape index (κ2) is 12.2. The van der Waals surface area contributed by atoms with Gasteiger partial charge >= 0.3 is 5.97 Å². The summed E-state index contributed by atoms with van der Waals surface area (Å²) in [7, 11) is 2.87. The molecule has 0 unspecified atom stereocenters. The molecule has 1 aromatic heterocycles. The van der Waals surface area contributed by atoms with E-state index in [4.69, 9.17) is 23.7 Å².